The summed E-state index contributed by atoms with van der Waals surface area (Å²) in [6.07, 6.45) is 1.13. The van der Waals surface area contributed by atoms with Crippen molar-refractivity contribution in [3.8, 4) is 0 Å². The van der Waals surface area contributed by atoms with Gasteiger partial charge in [-0.15, -0.1) is 0 Å². The average molecular weight is 337 g/mol. The molecule has 6 nitrogen and oxygen atoms in total. The van der Waals surface area contributed by atoms with Gasteiger partial charge in [0.25, 0.3) is 0 Å². The third kappa shape index (κ3) is 8.58. The first-order valence-corrected chi connectivity index (χ1v) is 9.59. The van der Waals surface area contributed by atoms with Crippen LogP contribution >= 0.6 is 0 Å². The van der Waals surface area contributed by atoms with E-state index in [4.69, 9.17) is 4.74 Å². The average Bonchev–Trinajstić information content (AvgIpc) is 2.41. The number of amides is 1. The van der Waals surface area contributed by atoms with Crippen LogP contribution in [0.2, 0.25) is 0 Å². The maximum absolute atomic E-state index is 11.7. The summed E-state index contributed by atoms with van der Waals surface area (Å²) in [6.45, 7) is 9.04. The highest BCUT2D eigenvalue weighted by Gasteiger charge is 2.29. The van der Waals surface area contributed by atoms with Gasteiger partial charge in [0, 0.05) is 17.7 Å². The van der Waals surface area contributed by atoms with E-state index < -0.39 is 26.9 Å². The molecule has 0 radical (unpaired) electrons. The highest BCUT2D eigenvalue weighted by Crippen LogP contribution is 2.27. The number of aliphatic hydroxyl groups is 1. The first kappa shape index (κ1) is 21.2. The molecule has 0 aliphatic heterocycles. The van der Waals surface area contributed by atoms with Gasteiger partial charge in [0.1, 0.15) is 15.4 Å². The minimum absolute atomic E-state index is 0.106. The molecule has 7 heteroatoms. The Kier molecular flexibility index (Phi) is 8.39. The fourth-order valence-corrected chi connectivity index (χ4v) is 2.90. The zero-order valence-corrected chi connectivity index (χ0v) is 15.3. The van der Waals surface area contributed by atoms with Crippen molar-refractivity contribution in [3.05, 3.63) is 0 Å². The molecule has 0 saturated carbocycles. The maximum atomic E-state index is 11.7. The Balaban J connectivity index is 4.53. The van der Waals surface area contributed by atoms with E-state index in [1.54, 1.807) is 27.7 Å². The van der Waals surface area contributed by atoms with E-state index in [1.165, 1.54) is 0 Å². The molecule has 0 rings (SSSR count). The molecule has 2 N–H and O–H groups in total. The Morgan fingerprint density at radius 1 is 1.23 bits per heavy atom. The second-order valence-electron chi connectivity index (χ2n) is 6.71. The summed E-state index contributed by atoms with van der Waals surface area (Å²) in [4.78, 5) is 11.7. The largest absolute Gasteiger partial charge is 0.444 e. The molecule has 0 aromatic carbocycles. The molecule has 0 aliphatic carbocycles. The van der Waals surface area contributed by atoms with Gasteiger partial charge in [-0.3, -0.25) is 0 Å². The van der Waals surface area contributed by atoms with Crippen LogP contribution in [-0.2, 0) is 14.6 Å². The van der Waals surface area contributed by atoms with Gasteiger partial charge in [-0.25, -0.2) is 13.2 Å². The van der Waals surface area contributed by atoms with Crippen molar-refractivity contribution in [2.24, 2.45) is 5.41 Å². The number of alkyl carbamates (subject to hydrolysis) is 1. The second kappa shape index (κ2) is 8.72. The molecular weight excluding hydrogens is 306 g/mol. The lowest BCUT2D eigenvalue weighted by molar-refractivity contribution is 0.0451. The van der Waals surface area contributed by atoms with Crippen molar-refractivity contribution in [3.63, 3.8) is 0 Å². The van der Waals surface area contributed by atoms with Crippen molar-refractivity contribution in [2.75, 3.05) is 24.7 Å². The lowest BCUT2D eigenvalue weighted by Gasteiger charge is -2.31. The predicted molar refractivity (Wildman–Crippen MR) is 87.6 cm³/mol. The molecule has 0 bridgehead atoms. The highest BCUT2D eigenvalue weighted by atomic mass is 32.2. The van der Waals surface area contributed by atoms with Gasteiger partial charge in [0.15, 0.2) is 0 Å². The topological polar surface area (TPSA) is 92.7 Å². The Labute approximate surface area is 134 Å². The van der Waals surface area contributed by atoms with Crippen LogP contribution in [0.1, 0.15) is 53.9 Å². The Bertz CT molecular complexity index is 435. The number of ether oxygens (including phenoxy) is 1. The molecule has 0 spiro atoms. The van der Waals surface area contributed by atoms with Crippen LogP contribution in [0, 0.1) is 5.41 Å². The minimum atomic E-state index is -3.01. The normalized spacial score (nSPS) is 15.2. The minimum Gasteiger partial charge on any atom is -0.444 e. The highest BCUT2D eigenvalue weighted by molar-refractivity contribution is 7.91. The molecule has 0 fully saturated rings. The van der Waals surface area contributed by atoms with E-state index in [1.807, 2.05) is 6.92 Å². The third-order valence-electron chi connectivity index (χ3n) is 3.69. The Morgan fingerprint density at radius 2 is 1.82 bits per heavy atom. The van der Waals surface area contributed by atoms with Crippen molar-refractivity contribution >= 4 is 15.9 Å². The fraction of sp³-hybridized carbons (Fsp3) is 0.933. The molecule has 1 amide bonds. The van der Waals surface area contributed by atoms with E-state index in [-0.39, 0.29) is 24.7 Å². The smallest absolute Gasteiger partial charge is 0.407 e. The van der Waals surface area contributed by atoms with E-state index >= 15 is 0 Å². The Morgan fingerprint density at radius 3 is 2.23 bits per heavy atom. The SMILES string of the molecule is CCC(CO)(CCCS(=O)(=O)CC)CNC(=O)OC(C)(C)C. The van der Waals surface area contributed by atoms with Gasteiger partial charge >= 0.3 is 6.09 Å². The first-order chi connectivity index (χ1) is 9.99. The summed E-state index contributed by atoms with van der Waals surface area (Å²) in [5, 5.41) is 12.3. The summed E-state index contributed by atoms with van der Waals surface area (Å²) >= 11 is 0. The summed E-state index contributed by atoms with van der Waals surface area (Å²) in [6, 6.07) is 0. The van der Waals surface area contributed by atoms with Crippen LogP contribution in [0.25, 0.3) is 0 Å². The van der Waals surface area contributed by atoms with Gasteiger partial charge in [0.2, 0.25) is 0 Å². The van der Waals surface area contributed by atoms with Crippen LogP contribution in [0.5, 0.6) is 0 Å². The van der Waals surface area contributed by atoms with Crippen LogP contribution in [0.15, 0.2) is 0 Å². The zero-order valence-electron chi connectivity index (χ0n) is 14.4. The lowest BCUT2D eigenvalue weighted by atomic mass is 9.81. The number of carbonyl (C=O) groups is 1. The number of hydrogen-bond donors (Lipinski definition) is 2. The zero-order chi connectivity index (χ0) is 17.4. The molecule has 22 heavy (non-hydrogen) atoms. The van der Waals surface area contributed by atoms with Crippen molar-refractivity contribution in [2.45, 2.75) is 59.5 Å². The van der Waals surface area contributed by atoms with Crippen molar-refractivity contribution in [1.82, 2.24) is 5.32 Å². The summed E-state index contributed by atoms with van der Waals surface area (Å²) in [5.41, 5.74) is -1.09. The summed E-state index contributed by atoms with van der Waals surface area (Å²) < 4.78 is 28.2. The summed E-state index contributed by atoms with van der Waals surface area (Å²) in [7, 11) is -3.01. The van der Waals surface area contributed by atoms with Gasteiger partial charge in [-0.1, -0.05) is 13.8 Å². The number of sulfone groups is 1. The molecule has 0 aromatic rings. The van der Waals surface area contributed by atoms with Gasteiger partial charge < -0.3 is 15.2 Å². The van der Waals surface area contributed by atoms with Crippen molar-refractivity contribution in [1.29, 1.82) is 0 Å². The van der Waals surface area contributed by atoms with E-state index in [0.29, 0.717) is 19.3 Å². The molecule has 0 aliphatic rings. The second-order valence-corrected chi connectivity index (χ2v) is 9.18. The monoisotopic (exact) mass is 337 g/mol. The van der Waals surface area contributed by atoms with E-state index in [2.05, 4.69) is 5.32 Å². The number of rotatable bonds is 9. The van der Waals surface area contributed by atoms with Crippen LogP contribution < -0.4 is 5.32 Å². The number of hydrogen-bond acceptors (Lipinski definition) is 5. The molecule has 1 atom stereocenters. The van der Waals surface area contributed by atoms with Crippen LogP contribution in [-0.4, -0.2) is 49.9 Å². The quantitative estimate of drug-likeness (QED) is 0.672. The Hall–Kier alpha value is -0.820. The van der Waals surface area contributed by atoms with Crippen LogP contribution in [0.3, 0.4) is 0 Å². The number of aliphatic hydroxyl groups excluding tert-OH is 1. The van der Waals surface area contributed by atoms with Gasteiger partial charge in [-0.2, -0.15) is 0 Å². The van der Waals surface area contributed by atoms with E-state index in [0.717, 1.165) is 0 Å². The molecule has 0 aromatic heterocycles. The molecule has 0 saturated heterocycles. The molecule has 132 valence electrons. The first-order valence-electron chi connectivity index (χ1n) is 7.77. The standard InChI is InChI=1S/C15H31NO5S/c1-6-15(12-17,9-8-10-22(19,20)7-2)11-16-13(18)21-14(3,4)5/h17H,6-12H2,1-5H3,(H,16,18). The third-order valence-corrected chi connectivity index (χ3v) is 5.48. The predicted octanol–water partition coefficient (Wildman–Crippen LogP) is 2.11. The van der Waals surface area contributed by atoms with Gasteiger partial charge in [-0.05, 0) is 40.0 Å². The molecular formula is C15H31NO5S. The molecule has 1 unspecified atom stereocenters. The van der Waals surface area contributed by atoms with E-state index in [9.17, 15) is 18.3 Å². The number of nitrogens with one attached hydrogen (secondary N) is 1. The van der Waals surface area contributed by atoms with Crippen molar-refractivity contribution < 1.29 is 23.1 Å². The lowest BCUT2D eigenvalue weighted by Crippen LogP contribution is -2.42. The maximum Gasteiger partial charge on any atom is 0.407 e. The molecule has 0 heterocycles. The fourth-order valence-electron chi connectivity index (χ4n) is 2.02. The van der Waals surface area contributed by atoms with Gasteiger partial charge in [0.05, 0.1) is 12.4 Å². The summed E-state index contributed by atoms with van der Waals surface area (Å²) in [5.74, 6) is 0.235. The number of carbonyl (C=O) groups excluding carboxylic acids is 1. The van der Waals surface area contributed by atoms with Crippen LogP contribution in [0.4, 0.5) is 4.79 Å².